The van der Waals surface area contributed by atoms with E-state index in [1.54, 1.807) is 0 Å². The molecule has 4 aliphatic carbocycles. The fraction of sp³-hybridized carbons (Fsp3) is 0.647. The van der Waals surface area contributed by atoms with Crippen molar-refractivity contribution in [1.29, 1.82) is 0 Å². The van der Waals surface area contributed by atoms with Gasteiger partial charge in [0.2, 0.25) is 0 Å². The van der Waals surface area contributed by atoms with Gasteiger partial charge in [0, 0.05) is 0 Å². The first-order valence-corrected chi connectivity index (χ1v) is 7.76. The molecule has 102 valence electrons. The van der Waals surface area contributed by atoms with Crippen LogP contribution in [0.15, 0.2) is 18.2 Å². The molecule has 19 heavy (non-hydrogen) atoms. The summed E-state index contributed by atoms with van der Waals surface area (Å²) in [5.41, 5.74) is 15.6. The first-order valence-electron chi connectivity index (χ1n) is 7.76. The zero-order valence-corrected chi connectivity index (χ0v) is 11.6. The van der Waals surface area contributed by atoms with Crippen LogP contribution in [0.3, 0.4) is 0 Å². The van der Waals surface area contributed by atoms with E-state index in [0.717, 1.165) is 35.5 Å². The normalized spacial score (nSPS) is 39.7. The summed E-state index contributed by atoms with van der Waals surface area (Å²) in [6.45, 7) is 0. The molecule has 0 atom stereocenters. The van der Waals surface area contributed by atoms with Crippen LogP contribution < -0.4 is 11.5 Å². The third kappa shape index (κ3) is 1.84. The summed E-state index contributed by atoms with van der Waals surface area (Å²) < 4.78 is 0. The predicted octanol–water partition coefficient (Wildman–Crippen LogP) is 3.61. The van der Waals surface area contributed by atoms with Gasteiger partial charge in [0.15, 0.2) is 0 Å². The number of nitrogens with two attached hydrogens (primary N) is 2. The minimum Gasteiger partial charge on any atom is -0.397 e. The van der Waals surface area contributed by atoms with Gasteiger partial charge in [0.1, 0.15) is 0 Å². The highest BCUT2D eigenvalue weighted by atomic mass is 14.7. The third-order valence-corrected chi connectivity index (χ3v) is 5.96. The second kappa shape index (κ2) is 3.91. The maximum atomic E-state index is 6.19. The summed E-state index contributed by atoms with van der Waals surface area (Å²) in [4.78, 5) is 0. The lowest BCUT2D eigenvalue weighted by atomic mass is 9.48. The SMILES string of the molecule is Nc1cccc(CC23CC4CC(CC(C4)C2)C3)c1N. The van der Waals surface area contributed by atoms with Crippen molar-refractivity contribution in [3.05, 3.63) is 23.8 Å². The van der Waals surface area contributed by atoms with Gasteiger partial charge in [-0.3, -0.25) is 0 Å². The quantitative estimate of drug-likeness (QED) is 0.794. The zero-order chi connectivity index (χ0) is 13.0. The number of rotatable bonds is 2. The van der Waals surface area contributed by atoms with E-state index >= 15 is 0 Å². The van der Waals surface area contributed by atoms with E-state index in [-0.39, 0.29) is 0 Å². The second-order valence-corrected chi connectivity index (χ2v) is 7.51. The van der Waals surface area contributed by atoms with Crippen LogP contribution in [-0.2, 0) is 6.42 Å². The van der Waals surface area contributed by atoms with E-state index in [9.17, 15) is 0 Å². The molecular weight excluding hydrogens is 232 g/mol. The van der Waals surface area contributed by atoms with Crippen molar-refractivity contribution < 1.29 is 0 Å². The van der Waals surface area contributed by atoms with Gasteiger partial charge in [-0.25, -0.2) is 0 Å². The number of nitrogen functional groups attached to an aromatic ring is 2. The van der Waals surface area contributed by atoms with Gasteiger partial charge in [-0.2, -0.15) is 0 Å². The molecule has 0 heterocycles. The van der Waals surface area contributed by atoms with Crippen LogP contribution >= 0.6 is 0 Å². The summed E-state index contributed by atoms with van der Waals surface area (Å²) in [7, 11) is 0. The van der Waals surface area contributed by atoms with Gasteiger partial charge in [-0.1, -0.05) is 12.1 Å². The summed E-state index contributed by atoms with van der Waals surface area (Å²) in [5, 5.41) is 0. The van der Waals surface area contributed by atoms with E-state index < -0.39 is 0 Å². The molecule has 0 radical (unpaired) electrons. The molecule has 5 rings (SSSR count). The molecule has 2 nitrogen and oxygen atoms in total. The minimum atomic E-state index is 0.552. The van der Waals surface area contributed by atoms with Crippen molar-refractivity contribution >= 4 is 11.4 Å². The van der Waals surface area contributed by atoms with Crippen LogP contribution in [0.1, 0.15) is 44.1 Å². The molecule has 0 amide bonds. The molecule has 4 saturated carbocycles. The van der Waals surface area contributed by atoms with Crippen molar-refractivity contribution in [2.75, 3.05) is 11.5 Å². The van der Waals surface area contributed by atoms with Crippen LogP contribution in [0.2, 0.25) is 0 Å². The van der Waals surface area contributed by atoms with Crippen molar-refractivity contribution in [2.45, 2.75) is 44.9 Å². The lowest BCUT2D eigenvalue weighted by molar-refractivity contribution is -0.0520. The number of anilines is 2. The average Bonchev–Trinajstić information content (AvgIpc) is 2.33. The standard InChI is InChI=1S/C17H24N2/c18-15-3-1-2-14(16(15)19)10-17-7-11-4-12(8-17)6-13(5-11)9-17/h1-3,11-13H,4-10,18-19H2. The highest BCUT2D eigenvalue weighted by Crippen LogP contribution is 2.61. The zero-order valence-electron chi connectivity index (χ0n) is 11.6. The number of para-hydroxylation sites is 1. The Hall–Kier alpha value is -1.18. The Morgan fingerprint density at radius 2 is 1.53 bits per heavy atom. The maximum absolute atomic E-state index is 6.19. The Bertz CT molecular complexity index is 471. The molecule has 0 saturated heterocycles. The van der Waals surface area contributed by atoms with E-state index in [1.165, 1.54) is 44.1 Å². The van der Waals surface area contributed by atoms with Crippen molar-refractivity contribution in [2.24, 2.45) is 23.2 Å². The first-order chi connectivity index (χ1) is 9.13. The number of benzene rings is 1. The van der Waals surface area contributed by atoms with Gasteiger partial charge < -0.3 is 11.5 Å². The van der Waals surface area contributed by atoms with Crippen molar-refractivity contribution in [3.63, 3.8) is 0 Å². The summed E-state index contributed by atoms with van der Waals surface area (Å²) in [6, 6.07) is 6.16. The molecule has 4 aliphatic rings. The van der Waals surface area contributed by atoms with Crippen molar-refractivity contribution in [3.8, 4) is 0 Å². The molecule has 0 aliphatic heterocycles. The Labute approximate surface area is 115 Å². The molecule has 4 fully saturated rings. The highest BCUT2D eigenvalue weighted by molar-refractivity contribution is 5.67. The molecule has 0 unspecified atom stereocenters. The topological polar surface area (TPSA) is 52.0 Å². The molecular formula is C17H24N2. The first kappa shape index (κ1) is 11.6. The maximum Gasteiger partial charge on any atom is 0.0580 e. The van der Waals surface area contributed by atoms with Gasteiger partial charge in [-0.05, 0) is 79.7 Å². The van der Waals surface area contributed by atoms with E-state index in [1.807, 2.05) is 6.07 Å². The second-order valence-electron chi connectivity index (χ2n) is 7.51. The van der Waals surface area contributed by atoms with Gasteiger partial charge in [-0.15, -0.1) is 0 Å². The minimum absolute atomic E-state index is 0.552. The van der Waals surface area contributed by atoms with Crippen LogP contribution in [0.25, 0.3) is 0 Å². The lowest BCUT2D eigenvalue weighted by Crippen LogP contribution is -2.47. The fourth-order valence-electron chi connectivity index (χ4n) is 5.70. The van der Waals surface area contributed by atoms with Gasteiger partial charge >= 0.3 is 0 Å². The average molecular weight is 256 g/mol. The Morgan fingerprint density at radius 3 is 2.11 bits per heavy atom. The number of hydrogen-bond acceptors (Lipinski definition) is 2. The lowest BCUT2D eigenvalue weighted by Gasteiger charge is -2.57. The summed E-state index contributed by atoms with van der Waals surface area (Å²) in [6.07, 6.45) is 9.99. The molecule has 0 spiro atoms. The third-order valence-electron chi connectivity index (χ3n) is 5.96. The fourth-order valence-corrected chi connectivity index (χ4v) is 5.70. The van der Waals surface area contributed by atoms with Crippen LogP contribution in [0.4, 0.5) is 11.4 Å². The van der Waals surface area contributed by atoms with Crippen molar-refractivity contribution in [1.82, 2.24) is 0 Å². The van der Waals surface area contributed by atoms with Crippen LogP contribution in [0, 0.1) is 23.2 Å². The summed E-state index contributed by atoms with van der Waals surface area (Å²) >= 11 is 0. The Balaban J connectivity index is 1.64. The molecule has 4 N–H and O–H groups in total. The molecule has 4 bridgehead atoms. The molecule has 1 aromatic rings. The van der Waals surface area contributed by atoms with Gasteiger partial charge in [0.25, 0.3) is 0 Å². The molecule has 1 aromatic carbocycles. The molecule has 0 aromatic heterocycles. The Morgan fingerprint density at radius 1 is 0.947 bits per heavy atom. The van der Waals surface area contributed by atoms with Crippen LogP contribution in [-0.4, -0.2) is 0 Å². The van der Waals surface area contributed by atoms with E-state index in [4.69, 9.17) is 11.5 Å². The Kier molecular flexibility index (Phi) is 2.39. The summed E-state index contributed by atoms with van der Waals surface area (Å²) in [5.74, 6) is 3.02. The number of hydrogen-bond donors (Lipinski definition) is 2. The van der Waals surface area contributed by atoms with Gasteiger partial charge in [0.05, 0.1) is 11.4 Å². The van der Waals surface area contributed by atoms with E-state index in [0.29, 0.717) is 5.41 Å². The molecule has 2 heteroatoms. The highest BCUT2D eigenvalue weighted by Gasteiger charge is 2.50. The van der Waals surface area contributed by atoms with Crippen LogP contribution in [0.5, 0.6) is 0 Å². The predicted molar refractivity (Wildman–Crippen MR) is 79.6 cm³/mol. The monoisotopic (exact) mass is 256 g/mol. The van der Waals surface area contributed by atoms with E-state index in [2.05, 4.69) is 12.1 Å². The smallest absolute Gasteiger partial charge is 0.0580 e. The largest absolute Gasteiger partial charge is 0.397 e.